The zero-order valence-electron chi connectivity index (χ0n) is 9.51. The summed E-state index contributed by atoms with van der Waals surface area (Å²) < 4.78 is 0. The van der Waals surface area contributed by atoms with E-state index in [-0.39, 0.29) is 0 Å². The van der Waals surface area contributed by atoms with E-state index in [0.29, 0.717) is 5.41 Å². The van der Waals surface area contributed by atoms with Gasteiger partial charge in [0.2, 0.25) is 0 Å². The van der Waals surface area contributed by atoms with E-state index in [4.69, 9.17) is 0 Å². The van der Waals surface area contributed by atoms with Crippen molar-refractivity contribution in [1.29, 1.82) is 0 Å². The quantitative estimate of drug-likeness (QED) is 0.647. The van der Waals surface area contributed by atoms with Gasteiger partial charge in [0, 0.05) is 13.1 Å². The van der Waals surface area contributed by atoms with Crippen molar-refractivity contribution in [3.63, 3.8) is 0 Å². The summed E-state index contributed by atoms with van der Waals surface area (Å²) in [7, 11) is 2.26. The van der Waals surface area contributed by atoms with Gasteiger partial charge in [-0.2, -0.15) is 0 Å². The fourth-order valence-electron chi connectivity index (χ4n) is 2.95. The van der Waals surface area contributed by atoms with Gasteiger partial charge in [0.05, 0.1) is 0 Å². The molecule has 1 heterocycles. The Balaban J connectivity index is 1.82. The molecule has 13 heavy (non-hydrogen) atoms. The lowest BCUT2D eigenvalue weighted by molar-refractivity contribution is 0.258. The predicted molar refractivity (Wildman–Crippen MR) is 56.7 cm³/mol. The molecule has 1 nitrogen and oxygen atoms in total. The first-order chi connectivity index (χ1) is 6.03. The van der Waals surface area contributed by atoms with E-state index in [2.05, 4.69) is 32.7 Å². The van der Waals surface area contributed by atoms with Crippen molar-refractivity contribution in [2.75, 3.05) is 20.1 Å². The average molecular weight is 181 g/mol. The SMILES string of the molecule is CCC(C)(C)CC1C2CN(C)CC21. The lowest BCUT2D eigenvalue weighted by Gasteiger charge is -2.24. The Bertz CT molecular complexity index is 185. The predicted octanol–water partition coefficient (Wildman–Crippen LogP) is 2.62. The molecule has 76 valence electrons. The minimum atomic E-state index is 0.591. The molecule has 0 bridgehead atoms. The molecule has 1 aliphatic heterocycles. The summed E-state index contributed by atoms with van der Waals surface area (Å²) >= 11 is 0. The average Bonchev–Trinajstić information content (AvgIpc) is 2.52. The maximum Gasteiger partial charge on any atom is 0.00127 e. The first kappa shape index (κ1) is 9.51. The third kappa shape index (κ3) is 1.76. The fraction of sp³-hybridized carbons (Fsp3) is 1.00. The first-order valence-electron chi connectivity index (χ1n) is 5.72. The normalized spacial score (nSPS) is 39.2. The Hall–Kier alpha value is -0.0400. The van der Waals surface area contributed by atoms with Gasteiger partial charge in [-0.3, -0.25) is 0 Å². The second-order valence-electron chi connectivity index (χ2n) is 5.93. The fourth-order valence-corrected chi connectivity index (χ4v) is 2.95. The maximum absolute atomic E-state index is 2.49. The molecule has 2 aliphatic rings. The summed E-state index contributed by atoms with van der Waals surface area (Å²) in [5, 5.41) is 0. The van der Waals surface area contributed by atoms with Gasteiger partial charge < -0.3 is 4.90 Å². The standard InChI is InChI=1S/C12H23N/c1-5-12(2,3)6-9-10-7-13(4)8-11(9)10/h9-11H,5-8H2,1-4H3. The number of hydrogen-bond donors (Lipinski definition) is 0. The van der Waals surface area contributed by atoms with Crippen molar-refractivity contribution in [2.45, 2.75) is 33.6 Å². The van der Waals surface area contributed by atoms with Crippen molar-refractivity contribution in [2.24, 2.45) is 23.2 Å². The van der Waals surface area contributed by atoms with Gasteiger partial charge in [0.1, 0.15) is 0 Å². The van der Waals surface area contributed by atoms with Crippen LogP contribution in [0.15, 0.2) is 0 Å². The highest BCUT2D eigenvalue weighted by atomic mass is 15.2. The number of fused-ring (bicyclic) bond motifs is 1. The molecule has 2 fully saturated rings. The number of piperidine rings is 1. The van der Waals surface area contributed by atoms with Crippen molar-refractivity contribution in [1.82, 2.24) is 4.90 Å². The Morgan fingerprint density at radius 3 is 2.23 bits per heavy atom. The van der Waals surface area contributed by atoms with E-state index in [1.54, 1.807) is 0 Å². The molecule has 0 aromatic heterocycles. The van der Waals surface area contributed by atoms with Gasteiger partial charge >= 0.3 is 0 Å². The smallest absolute Gasteiger partial charge is 0.00127 e. The molecule has 2 rings (SSSR count). The van der Waals surface area contributed by atoms with Crippen LogP contribution < -0.4 is 0 Å². The van der Waals surface area contributed by atoms with Gasteiger partial charge in [0.25, 0.3) is 0 Å². The van der Waals surface area contributed by atoms with Crippen molar-refractivity contribution < 1.29 is 0 Å². The molecule has 0 N–H and O–H groups in total. The number of likely N-dealkylation sites (tertiary alicyclic amines) is 1. The van der Waals surface area contributed by atoms with Crippen molar-refractivity contribution >= 4 is 0 Å². The lowest BCUT2D eigenvalue weighted by atomic mass is 9.83. The maximum atomic E-state index is 2.49. The molecule has 0 radical (unpaired) electrons. The third-order valence-corrected chi connectivity index (χ3v) is 4.30. The Kier molecular flexibility index (Phi) is 2.18. The minimum Gasteiger partial charge on any atom is -0.306 e. The third-order valence-electron chi connectivity index (χ3n) is 4.30. The highest BCUT2D eigenvalue weighted by molar-refractivity contribution is 5.05. The van der Waals surface area contributed by atoms with Crippen LogP contribution in [-0.4, -0.2) is 25.0 Å². The summed E-state index contributed by atoms with van der Waals surface area (Å²) in [5.41, 5.74) is 0.591. The van der Waals surface area contributed by atoms with Gasteiger partial charge in [-0.1, -0.05) is 27.2 Å². The van der Waals surface area contributed by atoms with Gasteiger partial charge in [-0.15, -0.1) is 0 Å². The van der Waals surface area contributed by atoms with Crippen LogP contribution in [0.5, 0.6) is 0 Å². The molecular formula is C12H23N. The molecule has 1 saturated carbocycles. The topological polar surface area (TPSA) is 3.24 Å². The monoisotopic (exact) mass is 181 g/mol. The van der Waals surface area contributed by atoms with E-state index in [0.717, 1.165) is 17.8 Å². The summed E-state index contributed by atoms with van der Waals surface area (Å²) in [6, 6.07) is 0. The number of hydrogen-bond acceptors (Lipinski definition) is 1. The lowest BCUT2D eigenvalue weighted by Crippen LogP contribution is -2.21. The van der Waals surface area contributed by atoms with E-state index >= 15 is 0 Å². The van der Waals surface area contributed by atoms with Crippen LogP contribution in [0.25, 0.3) is 0 Å². The molecule has 1 heteroatoms. The van der Waals surface area contributed by atoms with Crippen LogP contribution in [0.3, 0.4) is 0 Å². The highest BCUT2D eigenvalue weighted by Gasteiger charge is 2.55. The molecule has 2 unspecified atom stereocenters. The van der Waals surface area contributed by atoms with Gasteiger partial charge in [-0.25, -0.2) is 0 Å². The molecule has 1 saturated heterocycles. The van der Waals surface area contributed by atoms with Crippen LogP contribution in [0.2, 0.25) is 0 Å². The van der Waals surface area contributed by atoms with Crippen LogP contribution in [0.1, 0.15) is 33.6 Å². The van der Waals surface area contributed by atoms with E-state index < -0.39 is 0 Å². The number of rotatable bonds is 3. The van der Waals surface area contributed by atoms with E-state index in [9.17, 15) is 0 Å². The summed E-state index contributed by atoms with van der Waals surface area (Å²) in [5.74, 6) is 3.21. The van der Waals surface area contributed by atoms with Crippen LogP contribution in [0, 0.1) is 23.2 Å². The van der Waals surface area contributed by atoms with Crippen LogP contribution in [-0.2, 0) is 0 Å². The van der Waals surface area contributed by atoms with Gasteiger partial charge in [-0.05, 0) is 36.6 Å². The number of nitrogens with zero attached hydrogens (tertiary/aromatic N) is 1. The molecule has 0 spiro atoms. The molecular weight excluding hydrogens is 158 g/mol. The summed E-state index contributed by atoms with van der Waals surface area (Å²) in [4.78, 5) is 2.49. The Labute approximate surface area is 82.5 Å². The summed E-state index contributed by atoms with van der Waals surface area (Å²) in [6.07, 6.45) is 2.80. The zero-order chi connectivity index (χ0) is 9.64. The molecule has 0 amide bonds. The van der Waals surface area contributed by atoms with Crippen LogP contribution >= 0.6 is 0 Å². The Morgan fingerprint density at radius 1 is 1.23 bits per heavy atom. The van der Waals surface area contributed by atoms with Crippen molar-refractivity contribution in [3.05, 3.63) is 0 Å². The van der Waals surface area contributed by atoms with E-state index in [1.165, 1.54) is 25.9 Å². The Morgan fingerprint density at radius 2 is 1.77 bits per heavy atom. The largest absolute Gasteiger partial charge is 0.306 e. The van der Waals surface area contributed by atoms with Crippen LogP contribution in [0.4, 0.5) is 0 Å². The highest BCUT2D eigenvalue weighted by Crippen LogP contribution is 2.56. The molecule has 0 aromatic rings. The zero-order valence-corrected chi connectivity index (χ0v) is 9.51. The first-order valence-corrected chi connectivity index (χ1v) is 5.72. The second kappa shape index (κ2) is 2.98. The second-order valence-corrected chi connectivity index (χ2v) is 5.93. The molecule has 1 aliphatic carbocycles. The molecule has 0 aromatic carbocycles. The van der Waals surface area contributed by atoms with Crippen molar-refractivity contribution in [3.8, 4) is 0 Å². The summed E-state index contributed by atoms with van der Waals surface area (Å²) in [6.45, 7) is 9.91. The van der Waals surface area contributed by atoms with Gasteiger partial charge in [0.15, 0.2) is 0 Å². The minimum absolute atomic E-state index is 0.591. The molecule has 2 atom stereocenters. The van der Waals surface area contributed by atoms with E-state index in [1.807, 2.05) is 0 Å².